The number of hydrogen-bond acceptors (Lipinski definition) is 4. The van der Waals surface area contributed by atoms with E-state index < -0.39 is 0 Å². The van der Waals surface area contributed by atoms with Crippen molar-refractivity contribution in [3.63, 3.8) is 0 Å². The fourth-order valence-corrected chi connectivity index (χ4v) is 2.68. The minimum absolute atomic E-state index is 0.0246. The maximum Gasteiger partial charge on any atom is 0.268 e. The van der Waals surface area contributed by atoms with Crippen LogP contribution >= 0.6 is 0 Å². The van der Waals surface area contributed by atoms with Gasteiger partial charge in [0.25, 0.3) is 11.8 Å². The molecule has 2 aromatic rings. The number of aryl methyl sites for hydroxylation is 1. The zero-order chi connectivity index (χ0) is 18.4. The lowest BCUT2D eigenvalue weighted by Gasteiger charge is -2.13. The van der Waals surface area contributed by atoms with Crippen molar-refractivity contribution in [3.05, 3.63) is 65.2 Å². The number of furan rings is 1. The molecule has 2 heterocycles. The van der Waals surface area contributed by atoms with E-state index in [0.717, 1.165) is 25.0 Å². The Bertz CT molecular complexity index is 773. The predicted molar refractivity (Wildman–Crippen MR) is 97.3 cm³/mol. The molecule has 1 fully saturated rings. The number of ether oxygens (including phenoxy) is 1. The minimum atomic E-state index is -0.377. The second kappa shape index (κ2) is 8.49. The first-order valence-corrected chi connectivity index (χ1v) is 8.65. The van der Waals surface area contributed by atoms with Crippen LogP contribution in [0.4, 0.5) is 0 Å². The molecule has 0 aliphatic carbocycles. The standard InChI is InChI=1S/C20H22N2O4/c1-14-6-8-15(9-7-14)19(23)22-18(12-16-4-2-10-25-16)20(24)21-13-17-5-3-11-26-17/h2,4,6-10,12,17H,3,5,11,13H2,1H3,(H,21,24)(H,22,23)/b18-12+/t17-/m1/s1. The summed E-state index contributed by atoms with van der Waals surface area (Å²) in [5.74, 6) is -0.246. The molecular weight excluding hydrogens is 332 g/mol. The van der Waals surface area contributed by atoms with Gasteiger partial charge in [0.1, 0.15) is 11.5 Å². The molecule has 1 aliphatic rings. The van der Waals surface area contributed by atoms with E-state index in [1.165, 1.54) is 12.3 Å². The fourth-order valence-electron chi connectivity index (χ4n) is 2.68. The Morgan fingerprint density at radius 3 is 2.69 bits per heavy atom. The molecule has 6 nitrogen and oxygen atoms in total. The zero-order valence-electron chi connectivity index (χ0n) is 14.7. The van der Waals surface area contributed by atoms with E-state index >= 15 is 0 Å². The number of benzene rings is 1. The maximum atomic E-state index is 12.6. The van der Waals surface area contributed by atoms with Gasteiger partial charge in [0.2, 0.25) is 0 Å². The fraction of sp³-hybridized carbons (Fsp3) is 0.300. The summed E-state index contributed by atoms with van der Waals surface area (Å²) in [5.41, 5.74) is 1.67. The zero-order valence-corrected chi connectivity index (χ0v) is 14.7. The topological polar surface area (TPSA) is 80.6 Å². The van der Waals surface area contributed by atoms with E-state index in [2.05, 4.69) is 10.6 Å². The molecule has 26 heavy (non-hydrogen) atoms. The van der Waals surface area contributed by atoms with Crippen molar-refractivity contribution in [2.75, 3.05) is 13.2 Å². The van der Waals surface area contributed by atoms with Crippen LogP contribution in [0.25, 0.3) is 6.08 Å². The van der Waals surface area contributed by atoms with E-state index in [0.29, 0.717) is 17.9 Å². The summed E-state index contributed by atoms with van der Waals surface area (Å²) in [4.78, 5) is 25.0. The molecule has 1 aliphatic heterocycles. The molecule has 0 bridgehead atoms. The molecule has 136 valence electrons. The maximum absolute atomic E-state index is 12.6. The van der Waals surface area contributed by atoms with Crippen molar-refractivity contribution >= 4 is 17.9 Å². The Labute approximate surface area is 152 Å². The van der Waals surface area contributed by atoms with Crippen molar-refractivity contribution in [1.29, 1.82) is 0 Å². The summed E-state index contributed by atoms with van der Waals surface area (Å²) >= 11 is 0. The molecule has 3 rings (SSSR count). The molecule has 0 unspecified atom stereocenters. The molecule has 2 amide bonds. The van der Waals surface area contributed by atoms with Gasteiger partial charge in [-0.25, -0.2) is 0 Å². The molecule has 1 saturated heterocycles. The third kappa shape index (κ3) is 4.83. The van der Waals surface area contributed by atoms with Crippen LogP contribution in [0.3, 0.4) is 0 Å². The van der Waals surface area contributed by atoms with Gasteiger partial charge < -0.3 is 19.8 Å². The molecule has 1 aromatic heterocycles. The highest BCUT2D eigenvalue weighted by molar-refractivity contribution is 6.05. The molecule has 0 spiro atoms. The van der Waals surface area contributed by atoms with Gasteiger partial charge in [-0.3, -0.25) is 9.59 Å². The Balaban J connectivity index is 1.71. The summed E-state index contributed by atoms with van der Waals surface area (Å²) < 4.78 is 10.8. The second-order valence-electron chi connectivity index (χ2n) is 6.24. The highest BCUT2D eigenvalue weighted by Crippen LogP contribution is 2.12. The first kappa shape index (κ1) is 17.9. The molecule has 6 heteroatoms. The highest BCUT2D eigenvalue weighted by atomic mass is 16.5. The van der Waals surface area contributed by atoms with Crippen LogP contribution in [0.15, 0.2) is 52.8 Å². The molecule has 1 atom stereocenters. The van der Waals surface area contributed by atoms with Crippen LogP contribution in [0, 0.1) is 6.92 Å². The quantitative estimate of drug-likeness (QED) is 0.782. The lowest BCUT2D eigenvalue weighted by atomic mass is 10.1. The number of hydrogen-bond donors (Lipinski definition) is 2. The average molecular weight is 354 g/mol. The average Bonchev–Trinajstić information content (AvgIpc) is 3.33. The molecular formula is C20H22N2O4. The number of nitrogens with one attached hydrogen (secondary N) is 2. The number of amides is 2. The normalized spacial score (nSPS) is 17.1. The van der Waals surface area contributed by atoms with Gasteiger partial charge in [-0.1, -0.05) is 17.7 Å². The Morgan fingerprint density at radius 2 is 2.04 bits per heavy atom. The number of carbonyl (C=O) groups is 2. The highest BCUT2D eigenvalue weighted by Gasteiger charge is 2.19. The van der Waals surface area contributed by atoms with E-state index in [4.69, 9.17) is 9.15 Å². The monoisotopic (exact) mass is 354 g/mol. The molecule has 2 N–H and O–H groups in total. The lowest BCUT2D eigenvalue weighted by molar-refractivity contribution is -0.118. The van der Waals surface area contributed by atoms with Gasteiger partial charge >= 0.3 is 0 Å². The first-order valence-electron chi connectivity index (χ1n) is 8.65. The summed E-state index contributed by atoms with van der Waals surface area (Å²) in [5, 5.41) is 5.49. The van der Waals surface area contributed by atoms with Gasteiger partial charge in [0, 0.05) is 24.8 Å². The lowest BCUT2D eigenvalue weighted by Crippen LogP contribution is -2.38. The van der Waals surface area contributed by atoms with Crippen LogP contribution in [0.2, 0.25) is 0 Å². The van der Waals surface area contributed by atoms with Crippen LogP contribution in [-0.2, 0) is 9.53 Å². The van der Waals surface area contributed by atoms with Crippen molar-refractivity contribution in [2.24, 2.45) is 0 Å². The van der Waals surface area contributed by atoms with Gasteiger partial charge in [0.15, 0.2) is 0 Å². The summed E-state index contributed by atoms with van der Waals surface area (Å²) in [6.45, 7) is 3.08. The summed E-state index contributed by atoms with van der Waals surface area (Å²) in [6, 6.07) is 10.6. The molecule has 0 radical (unpaired) electrons. The van der Waals surface area contributed by atoms with Crippen molar-refractivity contribution in [2.45, 2.75) is 25.9 Å². The molecule has 1 aromatic carbocycles. The Morgan fingerprint density at radius 1 is 1.23 bits per heavy atom. The first-order chi connectivity index (χ1) is 12.6. The summed E-state index contributed by atoms with van der Waals surface area (Å²) in [7, 11) is 0. The van der Waals surface area contributed by atoms with Crippen molar-refractivity contribution in [1.82, 2.24) is 10.6 Å². The van der Waals surface area contributed by atoms with Crippen LogP contribution in [0.1, 0.15) is 34.5 Å². The number of carbonyl (C=O) groups excluding carboxylic acids is 2. The second-order valence-corrected chi connectivity index (χ2v) is 6.24. The van der Waals surface area contributed by atoms with Crippen molar-refractivity contribution < 1.29 is 18.7 Å². The smallest absolute Gasteiger partial charge is 0.268 e. The van der Waals surface area contributed by atoms with Gasteiger partial charge in [0.05, 0.1) is 12.4 Å². The van der Waals surface area contributed by atoms with Crippen molar-refractivity contribution in [3.8, 4) is 0 Å². The predicted octanol–water partition coefficient (Wildman–Crippen LogP) is 2.65. The summed E-state index contributed by atoms with van der Waals surface area (Å²) in [6.07, 6.45) is 4.97. The van der Waals surface area contributed by atoms with E-state index in [1.54, 1.807) is 24.3 Å². The van der Waals surface area contributed by atoms with E-state index in [-0.39, 0.29) is 23.6 Å². The van der Waals surface area contributed by atoms with E-state index in [1.807, 2.05) is 19.1 Å². The van der Waals surface area contributed by atoms with Gasteiger partial charge in [-0.2, -0.15) is 0 Å². The molecule has 0 saturated carbocycles. The van der Waals surface area contributed by atoms with Gasteiger partial charge in [-0.15, -0.1) is 0 Å². The third-order valence-corrected chi connectivity index (χ3v) is 4.15. The third-order valence-electron chi connectivity index (χ3n) is 4.15. The Kier molecular flexibility index (Phi) is 5.86. The van der Waals surface area contributed by atoms with Crippen LogP contribution < -0.4 is 10.6 Å². The Hall–Kier alpha value is -2.86. The minimum Gasteiger partial charge on any atom is -0.465 e. The van der Waals surface area contributed by atoms with Gasteiger partial charge in [-0.05, 0) is 44.0 Å². The van der Waals surface area contributed by atoms with Crippen LogP contribution in [0.5, 0.6) is 0 Å². The van der Waals surface area contributed by atoms with E-state index in [9.17, 15) is 9.59 Å². The SMILES string of the molecule is Cc1ccc(C(=O)N/C(=C/c2ccco2)C(=O)NC[C@H]2CCCO2)cc1. The largest absolute Gasteiger partial charge is 0.465 e. The number of rotatable bonds is 6. The van der Waals surface area contributed by atoms with Crippen LogP contribution in [-0.4, -0.2) is 31.1 Å².